The topological polar surface area (TPSA) is 75.0 Å². The van der Waals surface area contributed by atoms with Crippen LogP contribution in [0.5, 0.6) is 0 Å². The van der Waals surface area contributed by atoms with Crippen LogP contribution in [0.4, 0.5) is 10.6 Å². The van der Waals surface area contributed by atoms with Crippen LogP contribution in [-0.4, -0.2) is 46.3 Å². The van der Waals surface area contributed by atoms with E-state index in [1.54, 1.807) is 10.6 Å². The molecule has 0 spiro atoms. The third-order valence-electron chi connectivity index (χ3n) is 4.21. The number of likely N-dealkylation sites (N-methyl/N-ethyl adjacent to an activating group) is 1. The molecule has 2 aliphatic rings. The van der Waals surface area contributed by atoms with E-state index in [9.17, 15) is 14.4 Å². The van der Waals surface area contributed by atoms with E-state index in [0.29, 0.717) is 23.7 Å². The van der Waals surface area contributed by atoms with Gasteiger partial charge in [-0.05, 0) is 42.5 Å². The molecule has 7 nitrogen and oxygen atoms in total. The number of fused-ring (bicyclic) bond motifs is 1. The zero-order valence-corrected chi connectivity index (χ0v) is 12.0. The van der Waals surface area contributed by atoms with E-state index in [-0.39, 0.29) is 18.5 Å². The van der Waals surface area contributed by atoms with E-state index in [4.69, 9.17) is 0 Å². The third-order valence-corrected chi connectivity index (χ3v) is 4.21. The van der Waals surface area contributed by atoms with Gasteiger partial charge >= 0.3 is 6.03 Å². The lowest BCUT2D eigenvalue weighted by Crippen LogP contribution is -2.31. The second-order valence-corrected chi connectivity index (χ2v) is 5.77. The van der Waals surface area contributed by atoms with Crippen LogP contribution in [0.25, 0.3) is 5.52 Å². The Bertz CT molecular complexity index is 822. The van der Waals surface area contributed by atoms with Crippen LogP contribution in [0.15, 0.2) is 18.2 Å². The van der Waals surface area contributed by atoms with Gasteiger partial charge in [0.25, 0.3) is 5.91 Å². The zero-order chi connectivity index (χ0) is 15.4. The monoisotopic (exact) mass is 298 g/mol. The molecule has 2 fully saturated rings. The molecule has 1 aliphatic carbocycles. The lowest BCUT2D eigenvalue weighted by atomic mass is 10.1. The molecule has 3 heterocycles. The molecule has 1 saturated heterocycles. The summed E-state index contributed by atoms with van der Waals surface area (Å²) in [5.74, 6) is 0.775. The highest BCUT2D eigenvalue weighted by Gasteiger charge is 2.36. The number of carbonyl (C=O) groups is 3. The Kier molecular flexibility index (Phi) is 2.60. The van der Waals surface area contributed by atoms with Crippen LogP contribution >= 0.6 is 0 Å². The molecule has 0 unspecified atom stereocenters. The molecule has 4 rings (SSSR count). The Morgan fingerprint density at radius 1 is 1.23 bits per heavy atom. The van der Waals surface area contributed by atoms with E-state index in [2.05, 4.69) is 5.10 Å². The normalized spacial score (nSPS) is 18.6. The molecular weight excluding hydrogens is 284 g/mol. The van der Waals surface area contributed by atoms with Gasteiger partial charge in [-0.1, -0.05) is 0 Å². The van der Waals surface area contributed by atoms with Crippen molar-refractivity contribution >= 4 is 29.6 Å². The number of rotatable bonds is 3. The third kappa shape index (κ3) is 1.82. The Balaban J connectivity index is 1.91. The van der Waals surface area contributed by atoms with Crippen molar-refractivity contribution < 1.29 is 14.4 Å². The number of anilines is 1. The molecule has 0 N–H and O–H groups in total. The van der Waals surface area contributed by atoms with Gasteiger partial charge in [0.1, 0.15) is 18.1 Å². The maximum absolute atomic E-state index is 12.3. The maximum atomic E-state index is 12.3. The number of hydrogen-bond donors (Lipinski definition) is 0. The fourth-order valence-electron chi connectivity index (χ4n) is 2.80. The number of aromatic nitrogens is 2. The summed E-state index contributed by atoms with van der Waals surface area (Å²) in [5.41, 5.74) is 2.19. The van der Waals surface area contributed by atoms with Crippen molar-refractivity contribution in [3.8, 4) is 0 Å². The number of nitrogens with zero attached hydrogens (tertiary/aromatic N) is 4. The fourth-order valence-corrected chi connectivity index (χ4v) is 2.80. The van der Waals surface area contributed by atoms with Crippen LogP contribution in [0.2, 0.25) is 0 Å². The molecule has 0 bridgehead atoms. The lowest BCUT2D eigenvalue weighted by Gasteiger charge is -2.17. The summed E-state index contributed by atoms with van der Waals surface area (Å²) >= 11 is 0. The van der Waals surface area contributed by atoms with Crippen LogP contribution < -0.4 is 4.90 Å². The first-order valence-electron chi connectivity index (χ1n) is 7.15. The molecule has 1 saturated carbocycles. The van der Waals surface area contributed by atoms with Crippen LogP contribution in [0, 0.1) is 0 Å². The molecule has 0 aromatic carbocycles. The van der Waals surface area contributed by atoms with Gasteiger partial charge in [0.05, 0.1) is 5.52 Å². The summed E-state index contributed by atoms with van der Waals surface area (Å²) in [6, 6.07) is 5.21. The minimum Gasteiger partial charge on any atom is -0.296 e. The van der Waals surface area contributed by atoms with Gasteiger partial charge in [-0.2, -0.15) is 5.10 Å². The van der Waals surface area contributed by atoms with Gasteiger partial charge in [-0.25, -0.2) is 9.31 Å². The summed E-state index contributed by atoms with van der Waals surface area (Å²) in [4.78, 5) is 37.5. The Hall–Kier alpha value is -2.70. The highest BCUT2D eigenvalue weighted by molar-refractivity contribution is 6.11. The van der Waals surface area contributed by atoms with E-state index < -0.39 is 0 Å². The van der Waals surface area contributed by atoms with Gasteiger partial charge < -0.3 is 0 Å². The average Bonchev–Trinajstić information content (AvgIpc) is 3.23. The standard InChI is InChI=1S/C15H14N4O3/c1-17-14(21)7-18(15(17)22)13-5-10(9-2-3-9)4-12-6-11(8-20)16-19(12)13/h4-6,8-9H,2-3,7H2,1H3. The summed E-state index contributed by atoms with van der Waals surface area (Å²) in [6.45, 7) is -0.00512. The highest BCUT2D eigenvalue weighted by atomic mass is 16.2. The number of pyridine rings is 1. The molecule has 2 aromatic rings. The molecule has 0 radical (unpaired) electrons. The van der Waals surface area contributed by atoms with Crippen LogP contribution in [-0.2, 0) is 4.79 Å². The van der Waals surface area contributed by atoms with E-state index in [0.717, 1.165) is 28.8 Å². The number of amides is 3. The van der Waals surface area contributed by atoms with Crippen molar-refractivity contribution in [2.75, 3.05) is 18.5 Å². The minimum absolute atomic E-state index is 0.00512. The summed E-state index contributed by atoms with van der Waals surface area (Å²) < 4.78 is 1.56. The largest absolute Gasteiger partial charge is 0.332 e. The first kappa shape index (κ1) is 13.0. The second kappa shape index (κ2) is 4.40. The van der Waals surface area contributed by atoms with Crippen molar-refractivity contribution in [3.05, 3.63) is 29.5 Å². The second-order valence-electron chi connectivity index (χ2n) is 5.77. The van der Waals surface area contributed by atoms with Crippen molar-refractivity contribution in [2.45, 2.75) is 18.8 Å². The number of urea groups is 1. The number of imide groups is 1. The van der Waals surface area contributed by atoms with Gasteiger partial charge in [0.15, 0.2) is 6.29 Å². The number of hydrogen-bond acceptors (Lipinski definition) is 4. The van der Waals surface area contributed by atoms with Gasteiger partial charge in [-0.3, -0.25) is 19.4 Å². The highest BCUT2D eigenvalue weighted by Crippen LogP contribution is 2.42. The SMILES string of the molecule is CN1C(=O)CN(c2cc(C3CC3)cc3cc(C=O)nn23)C1=O. The molecule has 22 heavy (non-hydrogen) atoms. The van der Waals surface area contributed by atoms with Crippen molar-refractivity contribution in [2.24, 2.45) is 0 Å². The predicted molar refractivity (Wildman–Crippen MR) is 78.1 cm³/mol. The van der Waals surface area contributed by atoms with Gasteiger partial charge in [-0.15, -0.1) is 0 Å². The van der Waals surface area contributed by atoms with Gasteiger partial charge in [0.2, 0.25) is 0 Å². The molecular formula is C15H14N4O3. The molecule has 1 aliphatic heterocycles. The fraction of sp³-hybridized carbons (Fsp3) is 0.333. The number of aldehydes is 1. The van der Waals surface area contributed by atoms with E-state index in [1.165, 1.54) is 11.9 Å². The number of carbonyl (C=O) groups excluding carboxylic acids is 3. The zero-order valence-electron chi connectivity index (χ0n) is 12.0. The lowest BCUT2D eigenvalue weighted by molar-refractivity contribution is -0.123. The minimum atomic E-state index is -0.373. The molecule has 3 amide bonds. The molecule has 0 atom stereocenters. The van der Waals surface area contributed by atoms with Gasteiger partial charge in [0, 0.05) is 7.05 Å². The van der Waals surface area contributed by atoms with Crippen molar-refractivity contribution in [1.29, 1.82) is 0 Å². The maximum Gasteiger partial charge on any atom is 0.332 e. The Labute approximate surface area is 126 Å². The average molecular weight is 298 g/mol. The Morgan fingerprint density at radius 2 is 2.00 bits per heavy atom. The molecule has 2 aromatic heterocycles. The molecule has 7 heteroatoms. The van der Waals surface area contributed by atoms with Crippen LogP contribution in [0.1, 0.15) is 34.8 Å². The van der Waals surface area contributed by atoms with Crippen LogP contribution in [0.3, 0.4) is 0 Å². The van der Waals surface area contributed by atoms with E-state index >= 15 is 0 Å². The quantitative estimate of drug-likeness (QED) is 0.634. The predicted octanol–water partition coefficient (Wildman–Crippen LogP) is 1.42. The first-order chi connectivity index (χ1) is 10.6. The van der Waals surface area contributed by atoms with Crippen molar-refractivity contribution in [3.63, 3.8) is 0 Å². The van der Waals surface area contributed by atoms with Crippen molar-refractivity contribution in [1.82, 2.24) is 14.5 Å². The van der Waals surface area contributed by atoms with E-state index in [1.807, 2.05) is 12.1 Å². The molecule has 112 valence electrons. The summed E-state index contributed by atoms with van der Waals surface area (Å²) in [5, 5.41) is 4.21. The summed E-state index contributed by atoms with van der Waals surface area (Å²) in [7, 11) is 1.46. The smallest absolute Gasteiger partial charge is 0.296 e. The Morgan fingerprint density at radius 3 is 2.59 bits per heavy atom. The summed E-state index contributed by atoms with van der Waals surface area (Å²) in [6.07, 6.45) is 2.92. The first-order valence-corrected chi connectivity index (χ1v) is 7.15.